The van der Waals surface area contributed by atoms with Crippen LogP contribution in [0.15, 0.2) is 48.5 Å². The molecule has 0 saturated carbocycles. The van der Waals surface area contributed by atoms with E-state index in [0.29, 0.717) is 6.54 Å². The first kappa shape index (κ1) is 18.2. The Bertz CT molecular complexity index is 801. The highest BCUT2D eigenvalue weighted by Gasteiger charge is 2.37. The number of nitrogens with zero attached hydrogens (tertiary/aromatic N) is 1. The van der Waals surface area contributed by atoms with Gasteiger partial charge in [-0.15, -0.1) is 0 Å². The smallest absolute Gasteiger partial charge is 0.229 e. The van der Waals surface area contributed by atoms with Crippen LogP contribution in [0.3, 0.4) is 0 Å². The number of likely N-dealkylation sites (tertiary alicyclic amines) is 1. The molecule has 1 N–H and O–H groups in total. The van der Waals surface area contributed by atoms with Crippen LogP contribution in [0, 0.1) is 12.8 Å². The number of benzene rings is 2. The Morgan fingerprint density at radius 2 is 1.92 bits per heavy atom. The van der Waals surface area contributed by atoms with Gasteiger partial charge in [0.05, 0.1) is 12.0 Å². The zero-order valence-electron chi connectivity index (χ0n) is 15.7. The van der Waals surface area contributed by atoms with Gasteiger partial charge in [-0.2, -0.15) is 0 Å². The number of aryl methyl sites for hydroxylation is 2. The fourth-order valence-electron chi connectivity index (χ4n) is 3.62. The third-order valence-corrected chi connectivity index (χ3v) is 5.27. The van der Waals surface area contributed by atoms with Gasteiger partial charge in [0, 0.05) is 18.7 Å². The third-order valence-electron chi connectivity index (χ3n) is 5.27. The van der Waals surface area contributed by atoms with Crippen molar-refractivity contribution in [2.45, 2.75) is 39.7 Å². The van der Waals surface area contributed by atoms with Crippen molar-refractivity contribution in [3.63, 3.8) is 0 Å². The summed E-state index contributed by atoms with van der Waals surface area (Å²) >= 11 is 0. The van der Waals surface area contributed by atoms with Crippen LogP contribution >= 0.6 is 0 Å². The van der Waals surface area contributed by atoms with Crippen molar-refractivity contribution in [2.75, 3.05) is 11.9 Å². The van der Waals surface area contributed by atoms with Crippen molar-refractivity contribution in [1.82, 2.24) is 4.90 Å². The average Bonchev–Trinajstić information content (AvgIpc) is 3.05. The molecule has 1 heterocycles. The van der Waals surface area contributed by atoms with Crippen molar-refractivity contribution in [2.24, 2.45) is 5.92 Å². The molecule has 26 heavy (non-hydrogen) atoms. The minimum absolute atomic E-state index is 0.0221. The lowest BCUT2D eigenvalue weighted by atomic mass is 10.0. The Labute approximate surface area is 155 Å². The highest BCUT2D eigenvalue weighted by atomic mass is 16.2. The molecule has 0 unspecified atom stereocenters. The standard InChI is InChI=1S/C22H26N2O2/c1-4-17-12-8-9-15(2)21(17)23-22(26)19-13-20(25)24(14-19)16(3)18-10-6-5-7-11-18/h5-12,16,19H,4,13-14H2,1-3H3,(H,23,26)/t16-,19-/m1/s1. The second kappa shape index (κ2) is 7.73. The first-order valence-corrected chi connectivity index (χ1v) is 9.25. The van der Waals surface area contributed by atoms with E-state index in [1.165, 1.54) is 0 Å². The summed E-state index contributed by atoms with van der Waals surface area (Å²) in [5.41, 5.74) is 4.16. The van der Waals surface area contributed by atoms with E-state index in [1.54, 1.807) is 0 Å². The molecule has 0 bridgehead atoms. The van der Waals surface area contributed by atoms with Crippen molar-refractivity contribution in [3.05, 3.63) is 65.2 Å². The van der Waals surface area contributed by atoms with Crippen LogP contribution in [-0.4, -0.2) is 23.3 Å². The van der Waals surface area contributed by atoms with Gasteiger partial charge in [-0.1, -0.05) is 55.5 Å². The lowest BCUT2D eigenvalue weighted by molar-refractivity contribution is -0.129. The maximum absolute atomic E-state index is 12.8. The minimum Gasteiger partial charge on any atom is -0.335 e. The van der Waals surface area contributed by atoms with E-state index >= 15 is 0 Å². The van der Waals surface area contributed by atoms with E-state index < -0.39 is 0 Å². The SMILES string of the molecule is CCc1cccc(C)c1NC(=O)[C@@H]1CC(=O)N([C@H](C)c2ccccc2)C1. The molecule has 136 valence electrons. The van der Waals surface area contributed by atoms with Crippen LogP contribution in [0.4, 0.5) is 5.69 Å². The van der Waals surface area contributed by atoms with Crippen LogP contribution < -0.4 is 5.32 Å². The predicted octanol–water partition coefficient (Wildman–Crippen LogP) is 4.11. The number of carbonyl (C=O) groups is 2. The fraction of sp³-hybridized carbons (Fsp3) is 0.364. The molecule has 1 fully saturated rings. The molecule has 4 nitrogen and oxygen atoms in total. The van der Waals surface area contributed by atoms with Crippen molar-refractivity contribution < 1.29 is 9.59 Å². The number of rotatable bonds is 5. The highest BCUT2D eigenvalue weighted by molar-refractivity contribution is 5.98. The van der Waals surface area contributed by atoms with E-state index in [-0.39, 0.29) is 30.2 Å². The van der Waals surface area contributed by atoms with E-state index in [0.717, 1.165) is 28.8 Å². The van der Waals surface area contributed by atoms with Crippen LogP contribution in [-0.2, 0) is 16.0 Å². The van der Waals surface area contributed by atoms with Gasteiger partial charge in [-0.3, -0.25) is 9.59 Å². The average molecular weight is 350 g/mol. The summed E-state index contributed by atoms with van der Waals surface area (Å²) in [6.45, 7) is 6.56. The first-order valence-electron chi connectivity index (χ1n) is 9.25. The van der Waals surface area contributed by atoms with E-state index in [4.69, 9.17) is 0 Å². The second-order valence-electron chi connectivity index (χ2n) is 6.99. The van der Waals surface area contributed by atoms with Gasteiger partial charge >= 0.3 is 0 Å². The third kappa shape index (κ3) is 3.64. The summed E-state index contributed by atoms with van der Waals surface area (Å²) in [4.78, 5) is 27.1. The predicted molar refractivity (Wildman–Crippen MR) is 104 cm³/mol. The normalized spacial score (nSPS) is 18.0. The monoisotopic (exact) mass is 350 g/mol. The molecule has 1 saturated heterocycles. The summed E-state index contributed by atoms with van der Waals surface area (Å²) in [6, 6.07) is 16.0. The summed E-state index contributed by atoms with van der Waals surface area (Å²) in [7, 11) is 0. The maximum atomic E-state index is 12.8. The molecular weight excluding hydrogens is 324 g/mol. The Morgan fingerprint density at radius 3 is 2.62 bits per heavy atom. The molecule has 4 heteroatoms. The topological polar surface area (TPSA) is 49.4 Å². The van der Waals surface area contributed by atoms with Gasteiger partial charge < -0.3 is 10.2 Å². The van der Waals surface area contributed by atoms with Gasteiger partial charge in [0.15, 0.2) is 0 Å². The van der Waals surface area contributed by atoms with Gasteiger partial charge in [-0.05, 0) is 37.0 Å². The van der Waals surface area contributed by atoms with E-state index in [1.807, 2.05) is 67.3 Å². The molecule has 0 aromatic heterocycles. The maximum Gasteiger partial charge on any atom is 0.229 e. The Hall–Kier alpha value is -2.62. The molecule has 2 aromatic carbocycles. The fourth-order valence-corrected chi connectivity index (χ4v) is 3.62. The number of amides is 2. The molecule has 0 aliphatic carbocycles. The number of carbonyl (C=O) groups excluding carboxylic acids is 2. The minimum atomic E-state index is -0.307. The van der Waals surface area contributed by atoms with Crippen LogP contribution in [0.2, 0.25) is 0 Å². The van der Waals surface area contributed by atoms with E-state index in [9.17, 15) is 9.59 Å². The van der Waals surface area contributed by atoms with E-state index in [2.05, 4.69) is 12.2 Å². The molecule has 0 spiro atoms. The zero-order chi connectivity index (χ0) is 18.7. The number of anilines is 1. The number of nitrogens with one attached hydrogen (secondary N) is 1. The molecule has 2 amide bonds. The zero-order valence-corrected chi connectivity index (χ0v) is 15.7. The van der Waals surface area contributed by atoms with Crippen LogP contribution in [0.1, 0.15) is 43.0 Å². The lowest BCUT2D eigenvalue weighted by Crippen LogP contribution is -2.30. The summed E-state index contributed by atoms with van der Waals surface area (Å²) < 4.78 is 0. The molecule has 3 rings (SSSR count). The van der Waals surface area contributed by atoms with Crippen molar-refractivity contribution in [3.8, 4) is 0 Å². The summed E-state index contributed by atoms with van der Waals surface area (Å²) in [5.74, 6) is -0.329. The second-order valence-corrected chi connectivity index (χ2v) is 6.99. The molecule has 1 aliphatic rings. The molecule has 2 aromatic rings. The van der Waals surface area contributed by atoms with Crippen LogP contribution in [0.25, 0.3) is 0 Å². The number of hydrogen-bond donors (Lipinski definition) is 1. The van der Waals surface area contributed by atoms with Crippen LogP contribution in [0.5, 0.6) is 0 Å². The van der Waals surface area contributed by atoms with Gasteiger partial charge in [-0.25, -0.2) is 0 Å². The van der Waals surface area contributed by atoms with Crippen molar-refractivity contribution >= 4 is 17.5 Å². The highest BCUT2D eigenvalue weighted by Crippen LogP contribution is 2.30. The quantitative estimate of drug-likeness (QED) is 0.882. The molecule has 0 radical (unpaired) electrons. The lowest BCUT2D eigenvalue weighted by Gasteiger charge is -2.25. The van der Waals surface area contributed by atoms with Gasteiger partial charge in [0.1, 0.15) is 0 Å². The van der Waals surface area contributed by atoms with Crippen molar-refractivity contribution in [1.29, 1.82) is 0 Å². The van der Waals surface area contributed by atoms with Gasteiger partial charge in [0.2, 0.25) is 11.8 Å². The summed E-state index contributed by atoms with van der Waals surface area (Å²) in [6.07, 6.45) is 1.13. The largest absolute Gasteiger partial charge is 0.335 e. The molecular formula is C22H26N2O2. The molecule has 1 aliphatic heterocycles. The summed E-state index contributed by atoms with van der Waals surface area (Å²) in [5, 5.41) is 3.07. The Kier molecular flexibility index (Phi) is 5.40. The molecule has 2 atom stereocenters. The Morgan fingerprint density at radius 1 is 1.19 bits per heavy atom. The number of hydrogen-bond acceptors (Lipinski definition) is 2. The number of para-hydroxylation sites is 1. The first-order chi connectivity index (χ1) is 12.5. The van der Waals surface area contributed by atoms with Gasteiger partial charge in [0.25, 0.3) is 0 Å². The Balaban J connectivity index is 1.72.